The second kappa shape index (κ2) is 5.62. The fraction of sp³-hybridized carbons (Fsp3) is 0.250. The minimum atomic E-state index is 0.764. The predicted octanol–water partition coefficient (Wildman–Crippen LogP) is 4.63. The fourth-order valence-corrected chi connectivity index (χ4v) is 3.11. The van der Waals surface area contributed by atoms with Gasteiger partial charge in [0.25, 0.3) is 0 Å². The summed E-state index contributed by atoms with van der Waals surface area (Å²) in [7, 11) is 0. The molecule has 84 valence electrons. The molecule has 2 rings (SSSR count). The van der Waals surface area contributed by atoms with E-state index in [1.165, 1.54) is 16.9 Å². The molecule has 16 heavy (non-hydrogen) atoms. The summed E-state index contributed by atoms with van der Waals surface area (Å²) in [4.78, 5) is 3.13. The molecule has 1 aromatic heterocycles. The van der Waals surface area contributed by atoms with Crippen LogP contribution in [0, 0.1) is 3.95 Å². The van der Waals surface area contributed by atoms with Crippen molar-refractivity contribution in [3.05, 3.63) is 49.9 Å². The fourth-order valence-electron chi connectivity index (χ4n) is 1.62. The predicted molar refractivity (Wildman–Crippen MR) is 73.0 cm³/mol. The van der Waals surface area contributed by atoms with Crippen LogP contribution in [0.1, 0.15) is 17.7 Å². The van der Waals surface area contributed by atoms with Gasteiger partial charge in [0.1, 0.15) is 4.34 Å². The second-order valence-electron chi connectivity index (χ2n) is 3.61. The second-order valence-corrected chi connectivity index (χ2v) is 5.90. The van der Waals surface area contributed by atoms with E-state index in [0.717, 1.165) is 33.2 Å². The Hall–Kier alpha value is -0.640. The van der Waals surface area contributed by atoms with Gasteiger partial charge in [-0.1, -0.05) is 53.3 Å². The Balaban J connectivity index is 1.89. The number of aromatic nitrogens is 1. The molecule has 1 aromatic carbocycles. The standard InChI is InChI=1S/C12H12ClNS2/c13-11-10(14-12(15)16-11)8-4-7-9-5-2-1-3-6-9/h1-3,5-6H,4,7-8H2,(H,14,15). The Morgan fingerprint density at radius 1 is 1.19 bits per heavy atom. The van der Waals surface area contributed by atoms with Gasteiger partial charge in [-0.05, 0) is 37.0 Å². The van der Waals surface area contributed by atoms with Gasteiger partial charge >= 0.3 is 0 Å². The van der Waals surface area contributed by atoms with Crippen molar-refractivity contribution in [2.45, 2.75) is 19.3 Å². The molecule has 0 aliphatic rings. The van der Waals surface area contributed by atoms with E-state index in [1.807, 2.05) is 6.07 Å². The molecule has 1 nitrogen and oxygen atoms in total. The summed E-state index contributed by atoms with van der Waals surface area (Å²) < 4.78 is 1.57. The highest BCUT2D eigenvalue weighted by atomic mass is 35.5. The van der Waals surface area contributed by atoms with E-state index in [-0.39, 0.29) is 0 Å². The minimum absolute atomic E-state index is 0.764. The van der Waals surface area contributed by atoms with E-state index in [0.29, 0.717) is 0 Å². The van der Waals surface area contributed by atoms with E-state index in [2.05, 4.69) is 29.2 Å². The van der Waals surface area contributed by atoms with Gasteiger partial charge in [0.2, 0.25) is 0 Å². The molecule has 0 radical (unpaired) electrons. The maximum atomic E-state index is 6.05. The molecule has 0 saturated heterocycles. The molecule has 1 N–H and O–H groups in total. The highest BCUT2D eigenvalue weighted by Crippen LogP contribution is 2.23. The highest BCUT2D eigenvalue weighted by molar-refractivity contribution is 7.73. The number of nitrogens with one attached hydrogen (secondary N) is 1. The number of hydrogen-bond acceptors (Lipinski definition) is 2. The minimum Gasteiger partial charge on any atom is -0.340 e. The van der Waals surface area contributed by atoms with Gasteiger partial charge in [-0.25, -0.2) is 0 Å². The Kier molecular flexibility index (Phi) is 4.16. The van der Waals surface area contributed by atoms with E-state index in [1.54, 1.807) is 0 Å². The van der Waals surface area contributed by atoms with Crippen molar-refractivity contribution >= 4 is 35.2 Å². The van der Waals surface area contributed by atoms with Crippen LogP contribution in [-0.4, -0.2) is 4.98 Å². The maximum Gasteiger partial charge on any atom is 0.160 e. The first-order chi connectivity index (χ1) is 7.75. The number of thiazole rings is 1. The molecule has 0 atom stereocenters. The van der Waals surface area contributed by atoms with Crippen LogP contribution in [0.5, 0.6) is 0 Å². The number of benzene rings is 1. The molecule has 4 heteroatoms. The largest absolute Gasteiger partial charge is 0.340 e. The third kappa shape index (κ3) is 3.17. The van der Waals surface area contributed by atoms with Crippen molar-refractivity contribution in [3.8, 4) is 0 Å². The SMILES string of the molecule is S=c1[nH]c(CCCc2ccccc2)c(Cl)s1. The summed E-state index contributed by atoms with van der Waals surface area (Å²) in [6.45, 7) is 0. The number of hydrogen-bond donors (Lipinski definition) is 1. The van der Waals surface area contributed by atoms with Crippen LogP contribution >= 0.6 is 35.2 Å². The van der Waals surface area contributed by atoms with Gasteiger partial charge in [0, 0.05) is 5.69 Å². The van der Waals surface area contributed by atoms with E-state index in [4.69, 9.17) is 23.8 Å². The Morgan fingerprint density at radius 3 is 2.56 bits per heavy atom. The van der Waals surface area contributed by atoms with Crippen molar-refractivity contribution in [2.75, 3.05) is 0 Å². The van der Waals surface area contributed by atoms with Crippen LogP contribution in [0.4, 0.5) is 0 Å². The van der Waals surface area contributed by atoms with Crippen LogP contribution in [-0.2, 0) is 12.8 Å². The maximum absolute atomic E-state index is 6.05. The van der Waals surface area contributed by atoms with E-state index >= 15 is 0 Å². The lowest BCUT2D eigenvalue weighted by molar-refractivity contribution is 0.804. The Morgan fingerprint density at radius 2 is 1.94 bits per heavy atom. The molecular weight excluding hydrogens is 258 g/mol. The molecule has 2 aromatic rings. The van der Waals surface area contributed by atoms with Crippen LogP contribution in [0.25, 0.3) is 0 Å². The zero-order chi connectivity index (χ0) is 11.4. The van der Waals surface area contributed by atoms with E-state index < -0.39 is 0 Å². The molecule has 0 amide bonds. The van der Waals surface area contributed by atoms with E-state index in [9.17, 15) is 0 Å². The van der Waals surface area contributed by atoms with Crippen LogP contribution in [0.2, 0.25) is 4.34 Å². The molecule has 1 heterocycles. The Bertz CT molecular complexity index is 501. The van der Waals surface area contributed by atoms with Crippen molar-refractivity contribution < 1.29 is 0 Å². The molecule has 0 aliphatic carbocycles. The first kappa shape index (κ1) is 11.8. The average Bonchev–Trinajstić information content (AvgIpc) is 2.59. The number of rotatable bonds is 4. The summed E-state index contributed by atoms with van der Waals surface area (Å²) in [6, 6.07) is 10.5. The number of halogens is 1. The smallest absolute Gasteiger partial charge is 0.160 e. The van der Waals surface area contributed by atoms with Crippen LogP contribution in [0.15, 0.2) is 30.3 Å². The molecular formula is C12H12ClNS2. The average molecular weight is 270 g/mol. The summed E-state index contributed by atoms with van der Waals surface area (Å²) >= 11 is 12.5. The lowest BCUT2D eigenvalue weighted by Crippen LogP contribution is -1.90. The van der Waals surface area contributed by atoms with Crippen molar-refractivity contribution in [3.63, 3.8) is 0 Å². The molecule has 0 bridgehead atoms. The monoisotopic (exact) mass is 269 g/mol. The Labute approximate surface area is 109 Å². The van der Waals surface area contributed by atoms with Gasteiger partial charge in [-0.3, -0.25) is 0 Å². The van der Waals surface area contributed by atoms with Gasteiger partial charge in [0.15, 0.2) is 3.95 Å². The quantitative estimate of drug-likeness (QED) is 0.800. The van der Waals surface area contributed by atoms with Gasteiger partial charge in [-0.2, -0.15) is 0 Å². The zero-order valence-electron chi connectivity index (χ0n) is 8.70. The highest BCUT2D eigenvalue weighted by Gasteiger charge is 2.03. The topological polar surface area (TPSA) is 15.8 Å². The third-order valence-electron chi connectivity index (χ3n) is 2.41. The molecule has 0 spiro atoms. The number of aromatic amines is 1. The summed E-state index contributed by atoms with van der Waals surface area (Å²) in [5.41, 5.74) is 2.44. The van der Waals surface area contributed by atoms with Crippen LogP contribution < -0.4 is 0 Å². The van der Waals surface area contributed by atoms with Gasteiger partial charge in [0.05, 0.1) is 0 Å². The van der Waals surface area contributed by atoms with Gasteiger partial charge < -0.3 is 4.98 Å². The van der Waals surface area contributed by atoms with Crippen molar-refractivity contribution in [2.24, 2.45) is 0 Å². The van der Waals surface area contributed by atoms with Crippen LogP contribution in [0.3, 0.4) is 0 Å². The third-order valence-corrected chi connectivity index (χ3v) is 3.93. The number of H-pyrrole nitrogens is 1. The lowest BCUT2D eigenvalue weighted by Gasteiger charge is -2.00. The first-order valence-corrected chi connectivity index (χ1v) is 6.77. The summed E-state index contributed by atoms with van der Waals surface area (Å²) in [6.07, 6.45) is 3.13. The zero-order valence-corrected chi connectivity index (χ0v) is 11.1. The van der Waals surface area contributed by atoms with Gasteiger partial charge in [-0.15, -0.1) is 0 Å². The summed E-state index contributed by atoms with van der Waals surface area (Å²) in [5.74, 6) is 0. The lowest BCUT2D eigenvalue weighted by atomic mass is 10.1. The van der Waals surface area contributed by atoms with Crippen molar-refractivity contribution in [1.82, 2.24) is 4.98 Å². The molecule has 0 fully saturated rings. The first-order valence-electron chi connectivity index (χ1n) is 5.17. The summed E-state index contributed by atoms with van der Waals surface area (Å²) in [5, 5.41) is 0. The molecule has 0 aliphatic heterocycles. The molecule has 0 saturated carbocycles. The number of aryl methyl sites for hydroxylation is 2. The molecule has 0 unspecified atom stereocenters. The van der Waals surface area contributed by atoms with Crippen molar-refractivity contribution in [1.29, 1.82) is 0 Å². The normalized spacial score (nSPS) is 10.6.